The molecule has 46 heavy (non-hydrogen) atoms. The number of benzene rings is 3. The summed E-state index contributed by atoms with van der Waals surface area (Å²) in [6.07, 6.45) is 11.7. The van der Waals surface area contributed by atoms with Crippen LogP contribution in [0.5, 0.6) is 0 Å². The fourth-order valence-electron chi connectivity index (χ4n) is 5.85. The highest BCUT2D eigenvalue weighted by Crippen LogP contribution is 2.56. The zero-order chi connectivity index (χ0) is 32.1. The van der Waals surface area contributed by atoms with E-state index in [-0.39, 0.29) is 24.0 Å². The van der Waals surface area contributed by atoms with Gasteiger partial charge in [0.1, 0.15) is 29.3 Å². The van der Waals surface area contributed by atoms with E-state index >= 15 is 0 Å². The minimum absolute atomic E-state index is 0. The monoisotopic (exact) mass is 666 g/mol. The molecule has 0 radical (unpaired) electrons. The van der Waals surface area contributed by atoms with E-state index in [1.807, 2.05) is 17.9 Å². The number of aryl methyl sites for hydroxylation is 1. The molecule has 2 atom stereocenters. The van der Waals surface area contributed by atoms with Gasteiger partial charge in [-0.3, -0.25) is 19.6 Å². The molecule has 3 N–H and O–H groups in total. The first kappa shape index (κ1) is 36.8. The lowest BCUT2D eigenvalue weighted by Crippen LogP contribution is -3.00. The molecule has 0 saturated carbocycles. The normalized spacial score (nSPS) is 12.6. The second kappa shape index (κ2) is 18.5. The first-order valence-electron chi connectivity index (χ1n) is 15.7. The molecule has 4 aromatic rings. The number of aromatic nitrogens is 2. The van der Waals surface area contributed by atoms with Crippen molar-refractivity contribution in [3.63, 3.8) is 0 Å². The second-order valence-electron chi connectivity index (χ2n) is 11.5. The predicted octanol–water partition coefficient (Wildman–Crippen LogP) is 1.96. The van der Waals surface area contributed by atoms with Crippen molar-refractivity contribution in [3.05, 3.63) is 113 Å². The lowest BCUT2D eigenvalue weighted by Gasteiger charge is -2.26. The molecule has 4 rings (SSSR count). The number of carbonyl (C=O) groups is 1. The molecule has 246 valence electrons. The van der Waals surface area contributed by atoms with Crippen LogP contribution >= 0.6 is 7.26 Å². The van der Waals surface area contributed by atoms with E-state index in [4.69, 9.17) is 0 Å². The number of hydrogen-bond acceptors (Lipinski definition) is 6. The standard InChI is InChI=1S/C35H43N4O5P.ClH/c1-38-26-32(25-36-38)45(30-15-9-7-10-16-30,31-17-11-8-12-18-31)24-14-6-4-2-3-5-13-19-34(41)37-33(27-40)35(42)28-20-22-29(23-21-28)39(43)44;/h7-12,15-18,20-23,25-26,33,35,40,42H,2-6,13-14,19,24,27H2,1H3;1H/t33-,35-;/m1./s1. The molecule has 0 unspecified atom stereocenters. The molecule has 0 aliphatic heterocycles. The highest BCUT2D eigenvalue weighted by atomic mass is 35.5. The van der Waals surface area contributed by atoms with Crippen molar-refractivity contribution in [3.8, 4) is 0 Å². The summed E-state index contributed by atoms with van der Waals surface area (Å²) in [5, 5.41) is 42.5. The number of nitrogens with zero attached hydrogens (tertiary/aromatic N) is 3. The van der Waals surface area contributed by atoms with Crippen molar-refractivity contribution in [1.29, 1.82) is 0 Å². The van der Waals surface area contributed by atoms with Crippen molar-refractivity contribution in [2.75, 3.05) is 12.8 Å². The number of carbonyl (C=O) groups excluding carboxylic acids is 1. The number of nitrogens with one attached hydrogen (secondary N) is 1. The van der Waals surface area contributed by atoms with E-state index in [0.717, 1.165) is 51.1 Å². The average Bonchev–Trinajstić information content (AvgIpc) is 3.51. The summed E-state index contributed by atoms with van der Waals surface area (Å²) in [7, 11) is 0.132. The minimum Gasteiger partial charge on any atom is -1.00 e. The molecule has 0 bridgehead atoms. The zero-order valence-electron chi connectivity index (χ0n) is 26.2. The molecule has 0 aliphatic carbocycles. The number of unbranched alkanes of at least 4 members (excludes halogenated alkanes) is 6. The van der Waals surface area contributed by atoms with E-state index in [0.29, 0.717) is 12.0 Å². The molecule has 1 amide bonds. The van der Waals surface area contributed by atoms with E-state index in [9.17, 15) is 25.1 Å². The van der Waals surface area contributed by atoms with Gasteiger partial charge in [0.2, 0.25) is 5.91 Å². The first-order chi connectivity index (χ1) is 21.8. The SMILES string of the molecule is Cn1cc([P+](CCCCCCCCCC(=O)N[C@H](CO)[C@H](O)c2ccc([N+](=O)[O-])cc2)(c2ccccc2)c2ccccc2)cn1.[Cl-]. The van der Waals surface area contributed by atoms with Gasteiger partial charge in [0.25, 0.3) is 5.69 Å². The van der Waals surface area contributed by atoms with Crippen LogP contribution in [-0.2, 0) is 11.8 Å². The summed E-state index contributed by atoms with van der Waals surface area (Å²) in [5.41, 5.74) is 0.307. The Labute approximate surface area is 278 Å². The van der Waals surface area contributed by atoms with Crippen LogP contribution in [0.3, 0.4) is 0 Å². The minimum atomic E-state index is -1.85. The number of aliphatic hydroxyl groups excluding tert-OH is 2. The summed E-state index contributed by atoms with van der Waals surface area (Å²) in [4.78, 5) is 22.8. The number of halogens is 1. The van der Waals surface area contributed by atoms with Gasteiger partial charge in [-0.1, -0.05) is 62.1 Å². The van der Waals surface area contributed by atoms with Crippen LogP contribution in [0, 0.1) is 10.1 Å². The van der Waals surface area contributed by atoms with Gasteiger partial charge in [0.15, 0.2) is 0 Å². The molecule has 1 heterocycles. The van der Waals surface area contributed by atoms with Gasteiger partial charge >= 0.3 is 0 Å². The van der Waals surface area contributed by atoms with E-state index < -0.39 is 30.9 Å². The summed E-state index contributed by atoms with van der Waals surface area (Å²) in [6, 6.07) is 26.3. The third-order valence-corrected chi connectivity index (χ3v) is 12.8. The Bertz CT molecular complexity index is 1450. The lowest BCUT2D eigenvalue weighted by atomic mass is 10.0. The third-order valence-electron chi connectivity index (χ3n) is 8.29. The highest BCUT2D eigenvalue weighted by Gasteiger charge is 2.45. The van der Waals surface area contributed by atoms with E-state index in [2.05, 4.69) is 77.3 Å². The first-order valence-corrected chi connectivity index (χ1v) is 17.6. The maximum atomic E-state index is 12.5. The largest absolute Gasteiger partial charge is 1.00 e. The Balaban J connectivity index is 0.00000576. The van der Waals surface area contributed by atoms with Gasteiger partial charge < -0.3 is 27.9 Å². The smallest absolute Gasteiger partial charge is 0.269 e. The summed E-state index contributed by atoms with van der Waals surface area (Å²) < 4.78 is 1.90. The van der Waals surface area contributed by atoms with Crippen molar-refractivity contribution in [2.24, 2.45) is 7.05 Å². The van der Waals surface area contributed by atoms with Gasteiger partial charge in [-0.2, -0.15) is 5.10 Å². The number of aliphatic hydroxyl groups is 2. The second-order valence-corrected chi connectivity index (χ2v) is 15.1. The number of amides is 1. The van der Waals surface area contributed by atoms with Crippen molar-refractivity contribution >= 4 is 34.8 Å². The van der Waals surface area contributed by atoms with Crippen molar-refractivity contribution < 1.29 is 32.3 Å². The molecule has 0 fully saturated rings. The number of non-ortho nitro benzene ring substituents is 1. The topological polar surface area (TPSA) is 131 Å². The molecular formula is C35H44ClN4O5P. The van der Waals surface area contributed by atoms with Gasteiger partial charge in [-0.05, 0) is 61.2 Å². The van der Waals surface area contributed by atoms with Crippen LogP contribution in [0.25, 0.3) is 0 Å². The number of hydrogen-bond donors (Lipinski definition) is 3. The highest BCUT2D eigenvalue weighted by molar-refractivity contribution is 7.95. The molecule has 0 saturated heterocycles. The molecular weight excluding hydrogens is 623 g/mol. The Hall–Kier alpha value is -3.62. The number of rotatable bonds is 18. The Morgan fingerprint density at radius 2 is 1.41 bits per heavy atom. The zero-order valence-corrected chi connectivity index (χ0v) is 27.9. The lowest BCUT2D eigenvalue weighted by molar-refractivity contribution is -0.384. The Morgan fingerprint density at radius 1 is 0.870 bits per heavy atom. The van der Waals surface area contributed by atoms with Crippen LogP contribution in [0.15, 0.2) is 97.3 Å². The van der Waals surface area contributed by atoms with Crippen LogP contribution in [0.1, 0.15) is 63.0 Å². The maximum absolute atomic E-state index is 12.5. The summed E-state index contributed by atoms with van der Waals surface area (Å²) in [6.45, 7) is -0.442. The summed E-state index contributed by atoms with van der Waals surface area (Å²) in [5.74, 6) is -0.229. The van der Waals surface area contributed by atoms with E-state index in [1.165, 1.54) is 40.2 Å². The Kier molecular flexibility index (Phi) is 14.8. The quantitative estimate of drug-likeness (QED) is 0.0645. The predicted molar refractivity (Wildman–Crippen MR) is 181 cm³/mol. The molecule has 3 aromatic carbocycles. The number of nitro groups is 1. The molecule has 9 nitrogen and oxygen atoms in total. The van der Waals surface area contributed by atoms with Crippen LogP contribution < -0.4 is 33.6 Å². The molecule has 11 heteroatoms. The Morgan fingerprint density at radius 3 is 1.91 bits per heavy atom. The summed E-state index contributed by atoms with van der Waals surface area (Å²) >= 11 is 0. The van der Waals surface area contributed by atoms with Gasteiger partial charge in [-0.25, -0.2) is 0 Å². The van der Waals surface area contributed by atoms with Crippen LogP contribution in [0.4, 0.5) is 5.69 Å². The molecule has 0 spiro atoms. The average molecular weight is 667 g/mol. The molecule has 1 aromatic heterocycles. The van der Waals surface area contributed by atoms with Gasteiger partial charge in [0.05, 0.1) is 36.1 Å². The molecule has 0 aliphatic rings. The van der Waals surface area contributed by atoms with E-state index in [1.54, 1.807) is 0 Å². The van der Waals surface area contributed by atoms with Gasteiger partial charge in [-0.15, -0.1) is 0 Å². The van der Waals surface area contributed by atoms with Crippen molar-refractivity contribution in [1.82, 2.24) is 15.1 Å². The maximum Gasteiger partial charge on any atom is 0.269 e. The number of nitro benzene ring substituents is 1. The van der Waals surface area contributed by atoms with Crippen LogP contribution in [0.2, 0.25) is 0 Å². The van der Waals surface area contributed by atoms with Crippen LogP contribution in [-0.4, -0.2) is 49.6 Å². The van der Waals surface area contributed by atoms with Gasteiger partial charge in [0, 0.05) is 25.6 Å². The fraction of sp³-hybridized carbons (Fsp3) is 0.371. The van der Waals surface area contributed by atoms with Crippen molar-refractivity contribution in [2.45, 2.75) is 63.5 Å². The third kappa shape index (κ3) is 9.69. The fourth-order valence-corrected chi connectivity index (χ4v) is 10.2.